The highest BCUT2D eigenvalue weighted by molar-refractivity contribution is 9.10. The summed E-state index contributed by atoms with van der Waals surface area (Å²) in [5.74, 6) is 0. The van der Waals surface area contributed by atoms with E-state index < -0.39 is 21.8 Å². The summed E-state index contributed by atoms with van der Waals surface area (Å²) in [7, 11) is -3.67. The molecule has 1 fully saturated rings. The van der Waals surface area contributed by atoms with E-state index in [0.717, 1.165) is 22.3 Å². The van der Waals surface area contributed by atoms with Crippen LogP contribution in [0.4, 0.5) is 30.2 Å². The van der Waals surface area contributed by atoms with Crippen molar-refractivity contribution in [1.29, 1.82) is 0 Å². The second-order valence-corrected chi connectivity index (χ2v) is 11.4. The molecule has 1 saturated heterocycles. The molecule has 6 nitrogen and oxygen atoms in total. The maximum atomic E-state index is 13.2. The van der Waals surface area contributed by atoms with Gasteiger partial charge in [-0.1, -0.05) is 18.2 Å². The van der Waals surface area contributed by atoms with Gasteiger partial charge in [0.15, 0.2) is 0 Å². The zero-order valence-electron chi connectivity index (χ0n) is 19.4. The van der Waals surface area contributed by atoms with Crippen LogP contribution in [-0.4, -0.2) is 43.9 Å². The molecular weight excluding hydrogens is 569 g/mol. The number of aromatic nitrogens is 1. The number of pyridine rings is 1. The number of hydrogen-bond donors (Lipinski definition) is 1. The first kappa shape index (κ1) is 25.5. The Labute approximate surface area is 220 Å². The standard InChI is InChI=1S/C26H22BrF3N4O2S/c27-22-3-1-2-4-25(22)33-13-15-34(16-14-33)37(35,36)20-8-6-19(7-9-20)32-23-11-12-31-24-17-18(26(28,29)30)5-10-21(23)24/h1-12,17H,13-16H2,(H,31,32). The normalized spacial score (nSPS) is 15.2. The highest BCUT2D eigenvalue weighted by Gasteiger charge is 2.31. The summed E-state index contributed by atoms with van der Waals surface area (Å²) in [6.45, 7) is 1.89. The largest absolute Gasteiger partial charge is 0.416 e. The van der Waals surface area contributed by atoms with Gasteiger partial charge in [0.1, 0.15) is 0 Å². The number of benzene rings is 3. The summed E-state index contributed by atoms with van der Waals surface area (Å²) in [4.78, 5) is 6.39. The van der Waals surface area contributed by atoms with Crippen LogP contribution in [0.3, 0.4) is 0 Å². The number of sulfonamides is 1. The highest BCUT2D eigenvalue weighted by Crippen LogP contribution is 2.34. The third-order valence-electron chi connectivity index (χ3n) is 6.27. The van der Waals surface area contributed by atoms with E-state index in [1.54, 1.807) is 18.2 Å². The summed E-state index contributed by atoms with van der Waals surface area (Å²) < 4.78 is 68.1. The molecule has 192 valence electrons. The maximum Gasteiger partial charge on any atom is 0.416 e. The molecule has 0 saturated carbocycles. The van der Waals surface area contributed by atoms with Crippen LogP contribution in [0.5, 0.6) is 0 Å². The number of alkyl halides is 3. The fourth-order valence-corrected chi connectivity index (χ4v) is 6.28. The fraction of sp³-hybridized carbons (Fsp3) is 0.192. The summed E-state index contributed by atoms with van der Waals surface area (Å²) in [6.07, 6.45) is -3.02. The van der Waals surface area contributed by atoms with E-state index in [9.17, 15) is 21.6 Å². The summed E-state index contributed by atoms with van der Waals surface area (Å²) in [5, 5.41) is 3.68. The van der Waals surface area contributed by atoms with Crippen LogP contribution in [0.2, 0.25) is 0 Å². The first-order valence-corrected chi connectivity index (χ1v) is 13.7. The second kappa shape index (κ2) is 9.96. The predicted octanol–water partition coefficient (Wildman–Crippen LogP) is 6.27. The van der Waals surface area contributed by atoms with Crippen LogP contribution in [0, 0.1) is 0 Å². The molecule has 1 N–H and O–H groups in total. The van der Waals surface area contributed by atoms with Gasteiger partial charge < -0.3 is 10.2 Å². The predicted molar refractivity (Wildman–Crippen MR) is 142 cm³/mol. The fourth-order valence-electron chi connectivity index (χ4n) is 4.33. The minimum Gasteiger partial charge on any atom is -0.368 e. The molecule has 3 aromatic carbocycles. The third kappa shape index (κ3) is 5.29. The molecule has 0 bridgehead atoms. The molecule has 2 heterocycles. The minimum atomic E-state index is -4.45. The molecule has 11 heteroatoms. The minimum absolute atomic E-state index is 0.182. The lowest BCUT2D eigenvalue weighted by Gasteiger charge is -2.35. The number of piperazine rings is 1. The van der Waals surface area contributed by atoms with Crippen molar-refractivity contribution in [2.45, 2.75) is 11.1 Å². The number of anilines is 3. The van der Waals surface area contributed by atoms with Crippen LogP contribution in [-0.2, 0) is 16.2 Å². The van der Waals surface area contributed by atoms with Gasteiger partial charge in [0.25, 0.3) is 0 Å². The van der Waals surface area contributed by atoms with E-state index in [-0.39, 0.29) is 10.4 Å². The van der Waals surface area contributed by atoms with E-state index >= 15 is 0 Å². The van der Waals surface area contributed by atoms with Gasteiger partial charge in [-0.15, -0.1) is 0 Å². The number of hydrogen-bond acceptors (Lipinski definition) is 5. The van der Waals surface area contributed by atoms with Crippen molar-refractivity contribution < 1.29 is 21.6 Å². The van der Waals surface area contributed by atoms with Crippen molar-refractivity contribution in [3.8, 4) is 0 Å². The Morgan fingerprint density at radius 2 is 1.59 bits per heavy atom. The molecule has 1 aromatic heterocycles. The Morgan fingerprint density at radius 1 is 0.892 bits per heavy atom. The Kier molecular flexibility index (Phi) is 6.86. The van der Waals surface area contributed by atoms with Gasteiger partial charge in [0, 0.05) is 53.6 Å². The molecule has 0 aliphatic carbocycles. The Hall–Kier alpha value is -3.15. The summed E-state index contributed by atoms with van der Waals surface area (Å²) in [6, 6.07) is 19.2. The number of nitrogens with one attached hydrogen (secondary N) is 1. The molecule has 0 radical (unpaired) electrons. The number of nitrogens with zero attached hydrogens (tertiary/aromatic N) is 3. The van der Waals surface area contributed by atoms with Crippen molar-refractivity contribution in [3.05, 3.63) is 89.0 Å². The average Bonchev–Trinajstić information content (AvgIpc) is 2.89. The maximum absolute atomic E-state index is 13.2. The van der Waals surface area contributed by atoms with Gasteiger partial charge >= 0.3 is 6.18 Å². The monoisotopic (exact) mass is 590 g/mol. The molecule has 1 aliphatic heterocycles. The average molecular weight is 591 g/mol. The van der Waals surface area contributed by atoms with Crippen LogP contribution < -0.4 is 10.2 Å². The van der Waals surface area contributed by atoms with Gasteiger partial charge in [-0.3, -0.25) is 4.98 Å². The molecule has 5 rings (SSSR count). The molecule has 4 aromatic rings. The SMILES string of the molecule is O=S(=O)(c1ccc(Nc2ccnc3cc(C(F)(F)F)ccc23)cc1)N1CCN(c2ccccc2Br)CC1. The van der Waals surface area contributed by atoms with E-state index in [2.05, 4.69) is 31.1 Å². The number of rotatable bonds is 5. The molecule has 0 atom stereocenters. The first-order valence-electron chi connectivity index (χ1n) is 11.5. The number of para-hydroxylation sites is 1. The van der Waals surface area contributed by atoms with E-state index in [1.807, 2.05) is 24.3 Å². The summed E-state index contributed by atoms with van der Waals surface area (Å²) >= 11 is 3.55. The van der Waals surface area contributed by atoms with Crippen molar-refractivity contribution >= 4 is 53.9 Å². The molecule has 0 unspecified atom stereocenters. The van der Waals surface area contributed by atoms with Gasteiger partial charge in [0.2, 0.25) is 10.0 Å². The van der Waals surface area contributed by atoms with E-state index in [1.165, 1.54) is 28.7 Å². The topological polar surface area (TPSA) is 65.5 Å². The van der Waals surface area contributed by atoms with Gasteiger partial charge in [-0.25, -0.2) is 8.42 Å². The molecular formula is C26H22BrF3N4O2S. The Balaban J connectivity index is 1.30. The lowest BCUT2D eigenvalue weighted by Crippen LogP contribution is -2.48. The van der Waals surface area contributed by atoms with Crippen LogP contribution >= 0.6 is 15.9 Å². The van der Waals surface area contributed by atoms with Crippen molar-refractivity contribution in [2.75, 3.05) is 36.4 Å². The van der Waals surface area contributed by atoms with Gasteiger partial charge in [-0.05, 0) is 70.5 Å². The molecule has 37 heavy (non-hydrogen) atoms. The quantitative estimate of drug-likeness (QED) is 0.297. The van der Waals surface area contributed by atoms with Gasteiger partial charge in [-0.2, -0.15) is 17.5 Å². The lowest BCUT2D eigenvalue weighted by molar-refractivity contribution is -0.137. The molecule has 0 spiro atoms. The van der Waals surface area contributed by atoms with Crippen molar-refractivity contribution in [2.24, 2.45) is 0 Å². The van der Waals surface area contributed by atoms with Crippen LogP contribution in [0.25, 0.3) is 10.9 Å². The van der Waals surface area contributed by atoms with E-state index in [4.69, 9.17) is 0 Å². The molecule has 0 amide bonds. The number of fused-ring (bicyclic) bond motifs is 1. The smallest absolute Gasteiger partial charge is 0.368 e. The third-order valence-corrected chi connectivity index (χ3v) is 8.86. The Morgan fingerprint density at radius 3 is 2.27 bits per heavy atom. The van der Waals surface area contributed by atoms with Gasteiger partial charge in [0.05, 0.1) is 21.7 Å². The second-order valence-electron chi connectivity index (χ2n) is 8.58. The first-order chi connectivity index (χ1) is 17.6. The summed E-state index contributed by atoms with van der Waals surface area (Å²) in [5.41, 5.74) is 1.65. The van der Waals surface area contributed by atoms with Crippen molar-refractivity contribution in [1.82, 2.24) is 9.29 Å². The van der Waals surface area contributed by atoms with Crippen LogP contribution in [0.15, 0.2) is 88.4 Å². The van der Waals surface area contributed by atoms with Crippen LogP contribution in [0.1, 0.15) is 5.56 Å². The van der Waals surface area contributed by atoms with E-state index in [0.29, 0.717) is 42.9 Å². The Bertz CT molecular complexity index is 1540. The number of halogens is 4. The zero-order valence-corrected chi connectivity index (χ0v) is 21.8. The molecule has 1 aliphatic rings. The zero-order chi connectivity index (χ0) is 26.2. The van der Waals surface area contributed by atoms with Crippen molar-refractivity contribution in [3.63, 3.8) is 0 Å². The lowest BCUT2D eigenvalue weighted by atomic mass is 10.1. The highest BCUT2D eigenvalue weighted by atomic mass is 79.9.